The second kappa shape index (κ2) is 4.44. The summed E-state index contributed by atoms with van der Waals surface area (Å²) < 4.78 is 38.2. The molecule has 2 rings (SSSR count). The maximum Gasteiger partial charge on any atom is 0.416 e. The quantitative estimate of drug-likeness (QED) is 0.760. The van der Waals surface area contributed by atoms with E-state index in [0.717, 1.165) is 11.0 Å². The Bertz CT molecular complexity index is 496. The number of hydrogen-bond acceptors (Lipinski definition) is 2. The Kier molecular flexibility index (Phi) is 3.11. The minimum atomic E-state index is -4.45. The topological polar surface area (TPSA) is 37.4 Å². The highest BCUT2D eigenvalue weighted by molar-refractivity contribution is 6.37. The smallest absolute Gasteiger partial charge is 0.331 e. The zero-order valence-electron chi connectivity index (χ0n) is 9.33. The standard InChI is InChI=1S/C12H10F3NO2/c13-12(14,15)9-4-2-1-3-8(9)7-16-6-5-10(17)11(16)18/h1-4H,5-7H2. The summed E-state index contributed by atoms with van der Waals surface area (Å²) in [5, 5.41) is 0. The van der Waals surface area contributed by atoms with E-state index in [2.05, 4.69) is 0 Å². The summed E-state index contributed by atoms with van der Waals surface area (Å²) >= 11 is 0. The van der Waals surface area contributed by atoms with Crippen LogP contribution in [0.15, 0.2) is 24.3 Å². The highest BCUT2D eigenvalue weighted by Gasteiger charge is 2.35. The monoisotopic (exact) mass is 257 g/mol. The SMILES string of the molecule is O=C1CCN(Cc2ccccc2C(F)(F)F)C1=O. The molecule has 1 aliphatic rings. The van der Waals surface area contributed by atoms with E-state index < -0.39 is 23.4 Å². The van der Waals surface area contributed by atoms with Crippen molar-refractivity contribution >= 4 is 11.7 Å². The Labute approximate surface area is 101 Å². The number of hydrogen-bond donors (Lipinski definition) is 0. The number of ketones is 1. The first-order valence-electron chi connectivity index (χ1n) is 5.37. The number of nitrogens with zero attached hydrogens (tertiary/aromatic N) is 1. The van der Waals surface area contributed by atoms with Crippen molar-refractivity contribution in [1.82, 2.24) is 4.90 Å². The number of halogens is 3. The van der Waals surface area contributed by atoms with E-state index in [-0.39, 0.29) is 25.1 Å². The summed E-state index contributed by atoms with van der Waals surface area (Å²) in [6.45, 7) is 0.00408. The predicted molar refractivity (Wildman–Crippen MR) is 56.5 cm³/mol. The maximum atomic E-state index is 12.7. The fraction of sp³-hybridized carbons (Fsp3) is 0.333. The lowest BCUT2D eigenvalue weighted by Gasteiger charge is -2.18. The Morgan fingerprint density at radius 1 is 1.17 bits per heavy atom. The predicted octanol–water partition coefficient (Wildman–Crippen LogP) is 2.01. The molecule has 0 aromatic heterocycles. The third kappa shape index (κ3) is 2.37. The van der Waals surface area contributed by atoms with E-state index in [1.165, 1.54) is 18.2 Å². The van der Waals surface area contributed by atoms with E-state index in [0.29, 0.717) is 0 Å². The van der Waals surface area contributed by atoms with Crippen LogP contribution >= 0.6 is 0 Å². The van der Waals surface area contributed by atoms with Gasteiger partial charge in [-0.2, -0.15) is 13.2 Å². The van der Waals surface area contributed by atoms with Gasteiger partial charge in [-0.05, 0) is 11.6 Å². The van der Waals surface area contributed by atoms with Gasteiger partial charge in [0.05, 0.1) is 5.56 Å². The summed E-state index contributed by atoms with van der Waals surface area (Å²) in [7, 11) is 0. The second-order valence-electron chi connectivity index (χ2n) is 4.05. The second-order valence-corrected chi connectivity index (χ2v) is 4.05. The van der Waals surface area contributed by atoms with Crippen LogP contribution < -0.4 is 0 Å². The lowest BCUT2D eigenvalue weighted by molar-refractivity contribution is -0.141. The van der Waals surface area contributed by atoms with Crippen LogP contribution in [0.4, 0.5) is 13.2 Å². The van der Waals surface area contributed by atoms with Crippen LogP contribution in [0.2, 0.25) is 0 Å². The van der Waals surface area contributed by atoms with Gasteiger partial charge in [0, 0.05) is 19.5 Å². The average Bonchev–Trinajstić information content (AvgIpc) is 2.60. The Morgan fingerprint density at radius 3 is 2.39 bits per heavy atom. The fourth-order valence-corrected chi connectivity index (χ4v) is 1.91. The molecule has 0 aliphatic carbocycles. The van der Waals surface area contributed by atoms with Crippen molar-refractivity contribution in [3.63, 3.8) is 0 Å². The molecule has 0 saturated carbocycles. The lowest BCUT2D eigenvalue weighted by atomic mass is 10.1. The number of alkyl halides is 3. The highest BCUT2D eigenvalue weighted by Crippen LogP contribution is 2.32. The van der Waals surface area contributed by atoms with Crippen molar-refractivity contribution in [2.45, 2.75) is 19.1 Å². The van der Waals surface area contributed by atoms with Gasteiger partial charge in [0.1, 0.15) is 0 Å². The third-order valence-electron chi connectivity index (χ3n) is 2.82. The molecule has 0 bridgehead atoms. The Hall–Kier alpha value is -1.85. The van der Waals surface area contributed by atoms with Crippen LogP contribution in [0.1, 0.15) is 17.5 Å². The van der Waals surface area contributed by atoms with Gasteiger partial charge in [-0.3, -0.25) is 9.59 Å². The number of Topliss-reactive ketones (excluding diaryl/α,β-unsaturated/α-hetero) is 1. The van der Waals surface area contributed by atoms with Gasteiger partial charge in [-0.25, -0.2) is 0 Å². The van der Waals surface area contributed by atoms with Crippen molar-refractivity contribution in [3.8, 4) is 0 Å². The molecule has 0 N–H and O–H groups in total. The molecule has 1 aromatic carbocycles. The maximum absolute atomic E-state index is 12.7. The van der Waals surface area contributed by atoms with Gasteiger partial charge in [-0.15, -0.1) is 0 Å². The summed E-state index contributed by atoms with van der Waals surface area (Å²) in [4.78, 5) is 23.6. The van der Waals surface area contributed by atoms with Gasteiger partial charge in [-0.1, -0.05) is 18.2 Å². The zero-order valence-corrected chi connectivity index (χ0v) is 9.33. The molecule has 1 heterocycles. The molecule has 0 unspecified atom stereocenters. The van der Waals surface area contributed by atoms with Gasteiger partial charge in [0.15, 0.2) is 0 Å². The molecule has 1 aromatic rings. The molecule has 1 aliphatic heterocycles. The molecule has 3 nitrogen and oxygen atoms in total. The van der Waals surface area contributed by atoms with E-state index in [9.17, 15) is 22.8 Å². The van der Waals surface area contributed by atoms with Gasteiger partial charge >= 0.3 is 6.18 Å². The highest BCUT2D eigenvalue weighted by atomic mass is 19.4. The fourth-order valence-electron chi connectivity index (χ4n) is 1.91. The first-order chi connectivity index (χ1) is 8.39. The number of carbonyl (C=O) groups excluding carboxylic acids is 2. The number of benzene rings is 1. The van der Waals surface area contributed by atoms with E-state index in [4.69, 9.17) is 0 Å². The zero-order chi connectivity index (χ0) is 13.3. The number of amides is 1. The third-order valence-corrected chi connectivity index (χ3v) is 2.82. The van der Waals surface area contributed by atoms with Crippen LogP contribution in [0.5, 0.6) is 0 Å². The van der Waals surface area contributed by atoms with E-state index in [1.54, 1.807) is 0 Å². The van der Waals surface area contributed by atoms with Crippen LogP contribution in [0.3, 0.4) is 0 Å². The summed E-state index contributed by atoms with van der Waals surface area (Å²) in [6, 6.07) is 5.06. The molecular weight excluding hydrogens is 247 g/mol. The van der Waals surface area contributed by atoms with Crippen molar-refractivity contribution in [1.29, 1.82) is 0 Å². The molecule has 6 heteroatoms. The minimum Gasteiger partial charge on any atom is -0.331 e. The van der Waals surface area contributed by atoms with Crippen LogP contribution in [0.25, 0.3) is 0 Å². The molecule has 1 saturated heterocycles. The largest absolute Gasteiger partial charge is 0.416 e. The van der Waals surface area contributed by atoms with Crippen molar-refractivity contribution in [3.05, 3.63) is 35.4 Å². The van der Waals surface area contributed by atoms with Gasteiger partial charge in [0.25, 0.3) is 5.91 Å². The summed E-state index contributed by atoms with van der Waals surface area (Å²) in [5.41, 5.74) is -0.759. The Balaban J connectivity index is 2.25. The molecule has 96 valence electrons. The molecule has 0 spiro atoms. The normalized spacial score (nSPS) is 16.5. The average molecular weight is 257 g/mol. The van der Waals surface area contributed by atoms with Crippen molar-refractivity contribution in [2.24, 2.45) is 0 Å². The molecule has 1 amide bonds. The van der Waals surface area contributed by atoms with E-state index in [1.807, 2.05) is 0 Å². The molecular formula is C12H10F3NO2. The molecule has 0 radical (unpaired) electrons. The first kappa shape index (κ1) is 12.6. The molecule has 18 heavy (non-hydrogen) atoms. The van der Waals surface area contributed by atoms with E-state index >= 15 is 0 Å². The number of rotatable bonds is 2. The Morgan fingerprint density at radius 2 is 1.83 bits per heavy atom. The number of carbonyl (C=O) groups is 2. The van der Waals surface area contributed by atoms with Crippen molar-refractivity contribution in [2.75, 3.05) is 6.54 Å². The minimum absolute atomic E-state index is 0.00745. The van der Waals surface area contributed by atoms with Crippen LogP contribution in [0, 0.1) is 0 Å². The van der Waals surface area contributed by atoms with Crippen LogP contribution in [-0.2, 0) is 22.3 Å². The first-order valence-corrected chi connectivity index (χ1v) is 5.37. The van der Waals surface area contributed by atoms with Gasteiger partial charge in [0.2, 0.25) is 5.78 Å². The molecule has 1 fully saturated rings. The molecule has 0 atom stereocenters. The lowest BCUT2D eigenvalue weighted by Crippen LogP contribution is -2.28. The summed E-state index contributed by atoms with van der Waals surface area (Å²) in [6.07, 6.45) is -4.38. The summed E-state index contributed by atoms with van der Waals surface area (Å²) in [5.74, 6) is -1.24. The van der Waals surface area contributed by atoms with Gasteiger partial charge < -0.3 is 4.90 Å². The van der Waals surface area contributed by atoms with Crippen LogP contribution in [-0.4, -0.2) is 23.1 Å². The number of likely N-dealkylation sites (tertiary alicyclic amines) is 1. The van der Waals surface area contributed by atoms with Crippen molar-refractivity contribution < 1.29 is 22.8 Å².